The van der Waals surface area contributed by atoms with Crippen molar-refractivity contribution in [2.75, 3.05) is 10.7 Å². The van der Waals surface area contributed by atoms with Crippen molar-refractivity contribution in [3.63, 3.8) is 0 Å². The maximum atomic E-state index is 12.0. The van der Waals surface area contributed by atoms with E-state index in [4.69, 9.17) is 0 Å². The highest BCUT2D eigenvalue weighted by Crippen LogP contribution is 2.26. The van der Waals surface area contributed by atoms with Gasteiger partial charge in [-0.15, -0.1) is 5.10 Å². The van der Waals surface area contributed by atoms with Gasteiger partial charge in [0.05, 0.1) is 17.7 Å². The van der Waals surface area contributed by atoms with E-state index in [0.29, 0.717) is 10.9 Å². The molecule has 0 aromatic heterocycles. The lowest BCUT2D eigenvalue weighted by molar-refractivity contribution is -0.115. The zero-order valence-electron chi connectivity index (χ0n) is 12.1. The zero-order chi connectivity index (χ0) is 15.4. The fourth-order valence-corrected chi connectivity index (χ4v) is 2.89. The molecule has 5 heteroatoms. The quantitative estimate of drug-likeness (QED) is 0.644. The predicted molar refractivity (Wildman–Crippen MR) is 92.6 cm³/mol. The highest BCUT2D eigenvalue weighted by molar-refractivity contribution is 8.15. The number of amides is 1. The topological polar surface area (TPSA) is 45.0 Å². The van der Waals surface area contributed by atoms with Gasteiger partial charge < -0.3 is 0 Å². The molecule has 1 saturated heterocycles. The molecule has 2 aromatic rings. The number of hydrogen-bond acceptors (Lipinski definition) is 4. The molecule has 3 rings (SSSR count). The van der Waals surface area contributed by atoms with E-state index < -0.39 is 0 Å². The number of anilines is 1. The predicted octanol–water partition coefficient (Wildman–Crippen LogP) is 3.46. The van der Waals surface area contributed by atoms with E-state index in [1.165, 1.54) is 17.3 Å². The first-order valence-corrected chi connectivity index (χ1v) is 7.91. The van der Waals surface area contributed by atoms with Gasteiger partial charge in [0.25, 0.3) is 0 Å². The van der Waals surface area contributed by atoms with Crippen LogP contribution in [0.25, 0.3) is 0 Å². The van der Waals surface area contributed by atoms with Gasteiger partial charge in [-0.3, -0.25) is 9.69 Å². The summed E-state index contributed by atoms with van der Waals surface area (Å²) in [7, 11) is 0. The molecular weight excluding hydrogens is 294 g/mol. The van der Waals surface area contributed by atoms with Gasteiger partial charge in [0.2, 0.25) is 5.91 Å². The van der Waals surface area contributed by atoms with E-state index in [2.05, 4.69) is 10.2 Å². The Morgan fingerprint density at radius 3 is 2.55 bits per heavy atom. The lowest BCUT2D eigenvalue weighted by atomic mass is 10.2. The van der Waals surface area contributed by atoms with Crippen molar-refractivity contribution in [1.82, 2.24) is 0 Å². The Balaban J connectivity index is 1.80. The molecule has 0 aliphatic carbocycles. The first kappa shape index (κ1) is 14.5. The smallest absolute Gasteiger partial charge is 0.243 e. The van der Waals surface area contributed by atoms with Crippen molar-refractivity contribution in [1.29, 1.82) is 0 Å². The molecule has 0 radical (unpaired) electrons. The first-order chi connectivity index (χ1) is 10.7. The lowest BCUT2D eigenvalue weighted by Crippen LogP contribution is -2.28. The highest BCUT2D eigenvalue weighted by atomic mass is 32.2. The van der Waals surface area contributed by atoms with Crippen molar-refractivity contribution >= 4 is 34.7 Å². The maximum absolute atomic E-state index is 12.0. The Kier molecular flexibility index (Phi) is 4.34. The van der Waals surface area contributed by atoms with Gasteiger partial charge in [-0.25, -0.2) is 0 Å². The van der Waals surface area contributed by atoms with Gasteiger partial charge in [-0.1, -0.05) is 59.8 Å². The van der Waals surface area contributed by atoms with Crippen LogP contribution in [0, 0.1) is 6.92 Å². The van der Waals surface area contributed by atoms with Crippen LogP contribution in [0.1, 0.15) is 11.1 Å². The molecular formula is C17H15N3OS. The van der Waals surface area contributed by atoms with Crippen LogP contribution < -0.4 is 4.90 Å². The number of nitrogens with zero attached hydrogens (tertiary/aromatic N) is 3. The second-order valence-electron chi connectivity index (χ2n) is 4.89. The number of para-hydroxylation sites is 1. The summed E-state index contributed by atoms with van der Waals surface area (Å²) in [6, 6.07) is 17.5. The summed E-state index contributed by atoms with van der Waals surface area (Å²) in [6.45, 7) is 2.04. The third-order valence-electron chi connectivity index (χ3n) is 3.21. The molecule has 0 saturated carbocycles. The molecule has 0 unspecified atom stereocenters. The number of thioether (sulfide) groups is 1. The van der Waals surface area contributed by atoms with Gasteiger partial charge in [-0.2, -0.15) is 5.10 Å². The average molecular weight is 309 g/mol. The minimum Gasteiger partial charge on any atom is -0.273 e. The molecule has 1 heterocycles. The molecule has 0 atom stereocenters. The van der Waals surface area contributed by atoms with E-state index in [1.54, 1.807) is 11.1 Å². The van der Waals surface area contributed by atoms with E-state index in [1.807, 2.05) is 61.5 Å². The number of rotatable bonds is 3. The number of carbonyl (C=O) groups excluding carboxylic acids is 1. The van der Waals surface area contributed by atoms with Crippen LogP contribution in [0.2, 0.25) is 0 Å². The first-order valence-electron chi connectivity index (χ1n) is 6.92. The molecule has 1 amide bonds. The fourth-order valence-electron chi connectivity index (χ4n) is 2.06. The molecule has 0 bridgehead atoms. The number of aryl methyl sites for hydroxylation is 1. The number of amidine groups is 1. The molecule has 4 nitrogen and oxygen atoms in total. The number of carbonyl (C=O) groups is 1. The van der Waals surface area contributed by atoms with Crippen molar-refractivity contribution in [3.05, 3.63) is 65.7 Å². The van der Waals surface area contributed by atoms with Crippen LogP contribution in [-0.4, -0.2) is 23.0 Å². The molecule has 2 aromatic carbocycles. The van der Waals surface area contributed by atoms with Gasteiger partial charge in [-0.05, 0) is 24.6 Å². The van der Waals surface area contributed by atoms with E-state index in [-0.39, 0.29) is 5.91 Å². The van der Waals surface area contributed by atoms with Crippen molar-refractivity contribution in [2.24, 2.45) is 10.2 Å². The Labute approximate surface area is 133 Å². The highest BCUT2D eigenvalue weighted by Gasteiger charge is 2.29. The van der Waals surface area contributed by atoms with Crippen LogP contribution in [0.15, 0.2) is 64.8 Å². The van der Waals surface area contributed by atoms with E-state index in [9.17, 15) is 4.79 Å². The average Bonchev–Trinajstić information content (AvgIpc) is 2.91. The number of hydrogen-bond donors (Lipinski definition) is 0. The zero-order valence-corrected chi connectivity index (χ0v) is 13.0. The molecule has 1 aliphatic heterocycles. The Morgan fingerprint density at radius 1 is 1.09 bits per heavy atom. The van der Waals surface area contributed by atoms with Gasteiger partial charge in [0, 0.05) is 0 Å². The standard InChI is InChI=1S/C17H15N3OS/c1-13-7-9-14(10-8-13)11-18-19-17-20(16(21)12-22-17)15-5-3-2-4-6-15/h2-11H,12H2,1H3/b18-11-,19-17+. The molecule has 0 spiro atoms. The van der Waals surface area contributed by atoms with Gasteiger partial charge in [0.1, 0.15) is 0 Å². The third-order valence-corrected chi connectivity index (χ3v) is 4.12. The molecule has 1 aliphatic rings. The van der Waals surface area contributed by atoms with Gasteiger partial charge >= 0.3 is 0 Å². The maximum Gasteiger partial charge on any atom is 0.243 e. The normalized spacial score (nSPS) is 16.9. The van der Waals surface area contributed by atoms with Crippen LogP contribution in [0.4, 0.5) is 5.69 Å². The minimum absolute atomic E-state index is 0.0282. The molecule has 1 fully saturated rings. The monoisotopic (exact) mass is 309 g/mol. The van der Waals surface area contributed by atoms with Crippen molar-refractivity contribution < 1.29 is 4.79 Å². The van der Waals surface area contributed by atoms with Crippen molar-refractivity contribution in [3.8, 4) is 0 Å². The number of benzene rings is 2. The fraction of sp³-hybridized carbons (Fsp3) is 0.118. The largest absolute Gasteiger partial charge is 0.273 e. The van der Waals surface area contributed by atoms with Crippen LogP contribution >= 0.6 is 11.8 Å². The second-order valence-corrected chi connectivity index (χ2v) is 5.83. The minimum atomic E-state index is 0.0282. The lowest BCUT2D eigenvalue weighted by Gasteiger charge is -2.14. The summed E-state index contributed by atoms with van der Waals surface area (Å²) in [5.74, 6) is 0.425. The Hall–Kier alpha value is -2.40. The molecule has 22 heavy (non-hydrogen) atoms. The van der Waals surface area contributed by atoms with E-state index in [0.717, 1.165) is 11.3 Å². The second kappa shape index (κ2) is 6.58. The third kappa shape index (κ3) is 3.26. The summed E-state index contributed by atoms with van der Waals surface area (Å²) >= 11 is 1.40. The summed E-state index contributed by atoms with van der Waals surface area (Å²) in [5.41, 5.74) is 3.01. The van der Waals surface area contributed by atoms with Crippen LogP contribution in [0.5, 0.6) is 0 Å². The van der Waals surface area contributed by atoms with Crippen LogP contribution in [-0.2, 0) is 4.79 Å². The SMILES string of the molecule is Cc1ccc(/C=N\N=C2\SCC(=O)N2c2ccccc2)cc1. The Morgan fingerprint density at radius 2 is 1.82 bits per heavy atom. The van der Waals surface area contributed by atoms with Crippen molar-refractivity contribution in [2.45, 2.75) is 6.92 Å². The summed E-state index contributed by atoms with van der Waals surface area (Å²) < 4.78 is 0. The van der Waals surface area contributed by atoms with Gasteiger partial charge in [0.15, 0.2) is 5.17 Å². The van der Waals surface area contributed by atoms with E-state index >= 15 is 0 Å². The summed E-state index contributed by atoms with van der Waals surface area (Å²) in [5, 5.41) is 8.93. The molecule has 110 valence electrons. The summed E-state index contributed by atoms with van der Waals surface area (Å²) in [4.78, 5) is 13.6. The Bertz CT molecular complexity index is 723. The van der Waals surface area contributed by atoms with Crippen LogP contribution in [0.3, 0.4) is 0 Å². The molecule has 0 N–H and O–H groups in total. The summed E-state index contributed by atoms with van der Waals surface area (Å²) in [6.07, 6.45) is 1.69.